The van der Waals surface area contributed by atoms with Crippen molar-refractivity contribution in [2.24, 2.45) is 0 Å². The Morgan fingerprint density at radius 2 is 2.10 bits per heavy atom. The van der Waals surface area contributed by atoms with Crippen molar-refractivity contribution in [3.8, 4) is 0 Å². The van der Waals surface area contributed by atoms with Crippen LogP contribution in [0.15, 0.2) is 33.6 Å². The van der Waals surface area contributed by atoms with E-state index in [-0.39, 0.29) is 5.97 Å². The fourth-order valence-electron chi connectivity index (χ4n) is 1.91. The molecule has 5 heteroatoms. The Hall–Kier alpha value is -1.88. The SMILES string of the molecule is COC(=O)c1cc(CSc2ccc(N)cc2C)oc1C. The highest BCUT2D eigenvalue weighted by Gasteiger charge is 2.15. The number of aryl methyl sites for hydroxylation is 2. The third-order valence-electron chi connectivity index (χ3n) is 2.94. The van der Waals surface area contributed by atoms with Crippen LogP contribution < -0.4 is 5.73 Å². The molecule has 0 amide bonds. The summed E-state index contributed by atoms with van der Waals surface area (Å²) in [5.41, 5.74) is 8.10. The van der Waals surface area contributed by atoms with Crippen LogP contribution in [0.25, 0.3) is 0 Å². The number of nitrogens with two attached hydrogens (primary N) is 1. The van der Waals surface area contributed by atoms with Crippen LogP contribution >= 0.6 is 11.8 Å². The minimum absolute atomic E-state index is 0.369. The van der Waals surface area contributed by atoms with Gasteiger partial charge in [-0.05, 0) is 43.7 Å². The van der Waals surface area contributed by atoms with Crippen LogP contribution in [0.3, 0.4) is 0 Å². The van der Waals surface area contributed by atoms with Crippen LogP contribution in [0.2, 0.25) is 0 Å². The van der Waals surface area contributed by atoms with E-state index < -0.39 is 0 Å². The van der Waals surface area contributed by atoms with E-state index in [4.69, 9.17) is 14.9 Å². The molecule has 106 valence electrons. The molecule has 1 heterocycles. The van der Waals surface area contributed by atoms with E-state index >= 15 is 0 Å². The van der Waals surface area contributed by atoms with E-state index in [1.165, 1.54) is 7.11 Å². The lowest BCUT2D eigenvalue weighted by atomic mass is 10.2. The molecule has 0 saturated heterocycles. The molecule has 1 aromatic heterocycles. The topological polar surface area (TPSA) is 65.5 Å². The van der Waals surface area contributed by atoms with Gasteiger partial charge >= 0.3 is 5.97 Å². The number of benzene rings is 1. The Balaban J connectivity index is 2.09. The average molecular weight is 291 g/mol. The third kappa shape index (κ3) is 3.17. The summed E-state index contributed by atoms with van der Waals surface area (Å²) in [6, 6.07) is 7.55. The van der Waals surface area contributed by atoms with Crippen molar-refractivity contribution in [2.45, 2.75) is 24.5 Å². The molecule has 0 aliphatic heterocycles. The summed E-state index contributed by atoms with van der Waals surface area (Å²) in [6.07, 6.45) is 0. The van der Waals surface area contributed by atoms with Gasteiger partial charge in [0, 0.05) is 10.6 Å². The maximum atomic E-state index is 11.5. The predicted octanol–water partition coefficient (Wildman–Crippen LogP) is 3.56. The smallest absolute Gasteiger partial charge is 0.341 e. The largest absolute Gasteiger partial charge is 0.465 e. The maximum Gasteiger partial charge on any atom is 0.341 e. The molecule has 0 unspecified atom stereocenters. The summed E-state index contributed by atoms with van der Waals surface area (Å²) in [6.45, 7) is 3.78. The number of methoxy groups -OCH3 is 1. The molecular weight excluding hydrogens is 274 g/mol. The first-order valence-electron chi connectivity index (χ1n) is 6.18. The number of carbonyl (C=O) groups excluding carboxylic acids is 1. The number of esters is 1. The second-order valence-corrected chi connectivity index (χ2v) is 5.50. The number of hydrogen-bond donors (Lipinski definition) is 1. The minimum Gasteiger partial charge on any atom is -0.465 e. The Morgan fingerprint density at radius 1 is 1.35 bits per heavy atom. The van der Waals surface area contributed by atoms with Crippen molar-refractivity contribution in [3.05, 3.63) is 46.9 Å². The molecule has 0 aliphatic carbocycles. The van der Waals surface area contributed by atoms with Crippen LogP contribution in [0.5, 0.6) is 0 Å². The number of carbonyl (C=O) groups is 1. The second-order valence-electron chi connectivity index (χ2n) is 4.49. The van der Waals surface area contributed by atoms with Crippen LogP contribution in [0.4, 0.5) is 5.69 Å². The van der Waals surface area contributed by atoms with Crippen LogP contribution in [0, 0.1) is 13.8 Å². The van der Waals surface area contributed by atoms with Gasteiger partial charge in [-0.1, -0.05) is 0 Å². The van der Waals surface area contributed by atoms with Gasteiger partial charge < -0.3 is 14.9 Å². The van der Waals surface area contributed by atoms with Gasteiger partial charge in [-0.25, -0.2) is 4.79 Å². The molecule has 0 saturated carbocycles. The fourth-order valence-corrected chi connectivity index (χ4v) is 2.80. The monoisotopic (exact) mass is 291 g/mol. The molecule has 0 spiro atoms. The van der Waals surface area contributed by atoms with Gasteiger partial charge in [0.25, 0.3) is 0 Å². The van der Waals surface area contributed by atoms with Gasteiger partial charge in [-0.15, -0.1) is 11.8 Å². The van der Waals surface area contributed by atoms with Crippen molar-refractivity contribution in [3.63, 3.8) is 0 Å². The number of nitrogen functional groups attached to an aromatic ring is 1. The normalized spacial score (nSPS) is 10.6. The molecule has 0 bridgehead atoms. The van der Waals surface area contributed by atoms with Crippen molar-refractivity contribution in [2.75, 3.05) is 12.8 Å². The molecule has 2 aromatic rings. The van der Waals surface area contributed by atoms with Gasteiger partial charge in [0.15, 0.2) is 0 Å². The molecule has 0 atom stereocenters. The zero-order valence-electron chi connectivity index (χ0n) is 11.7. The Morgan fingerprint density at radius 3 is 2.75 bits per heavy atom. The minimum atomic E-state index is -0.369. The highest BCUT2D eigenvalue weighted by Crippen LogP contribution is 2.29. The molecule has 2 rings (SSSR count). The highest BCUT2D eigenvalue weighted by atomic mass is 32.2. The molecule has 0 fully saturated rings. The fraction of sp³-hybridized carbons (Fsp3) is 0.267. The predicted molar refractivity (Wildman–Crippen MR) is 79.9 cm³/mol. The van der Waals surface area contributed by atoms with E-state index in [1.54, 1.807) is 24.8 Å². The summed E-state index contributed by atoms with van der Waals surface area (Å²) in [7, 11) is 1.36. The molecule has 2 N–H and O–H groups in total. The number of ether oxygens (including phenoxy) is 1. The quantitative estimate of drug-likeness (QED) is 0.530. The molecular formula is C15H17NO3S. The molecule has 1 aromatic carbocycles. The van der Waals surface area contributed by atoms with Crippen molar-refractivity contribution >= 4 is 23.4 Å². The lowest BCUT2D eigenvalue weighted by Gasteiger charge is -2.05. The lowest BCUT2D eigenvalue weighted by Crippen LogP contribution is -2.00. The first-order chi connectivity index (χ1) is 9.51. The van der Waals surface area contributed by atoms with Gasteiger partial charge in [0.1, 0.15) is 17.1 Å². The van der Waals surface area contributed by atoms with Crippen molar-refractivity contribution in [1.29, 1.82) is 0 Å². The van der Waals surface area contributed by atoms with Crippen molar-refractivity contribution in [1.82, 2.24) is 0 Å². The number of anilines is 1. The summed E-state index contributed by atoms with van der Waals surface area (Å²) >= 11 is 1.65. The molecule has 0 radical (unpaired) electrons. The maximum absolute atomic E-state index is 11.5. The number of hydrogen-bond acceptors (Lipinski definition) is 5. The number of rotatable bonds is 4. The Labute approximate surface area is 122 Å². The molecule has 0 aliphatic rings. The summed E-state index contributed by atoms with van der Waals surface area (Å²) < 4.78 is 10.3. The zero-order chi connectivity index (χ0) is 14.7. The van der Waals surface area contributed by atoms with E-state index in [9.17, 15) is 4.79 Å². The van der Waals surface area contributed by atoms with Crippen LogP contribution in [-0.4, -0.2) is 13.1 Å². The average Bonchev–Trinajstić information content (AvgIpc) is 2.78. The second kappa shape index (κ2) is 6.05. The highest BCUT2D eigenvalue weighted by molar-refractivity contribution is 7.98. The number of furan rings is 1. The number of thioether (sulfide) groups is 1. The summed E-state index contributed by atoms with van der Waals surface area (Å²) in [5.74, 6) is 1.62. The molecule has 4 nitrogen and oxygen atoms in total. The first kappa shape index (κ1) is 14.5. The molecule has 20 heavy (non-hydrogen) atoms. The van der Waals surface area contributed by atoms with Crippen LogP contribution in [-0.2, 0) is 10.5 Å². The zero-order valence-corrected chi connectivity index (χ0v) is 12.5. The van der Waals surface area contributed by atoms with Gasteiger partial charge in [-0.2, -0.15) is 0 Å². The van der Waals surface area contributed by atoms with Gasteiger partial charge in [-0.3, -0.25) is 0 Å². The Bertz CT molecular complexity index is 634. The van der Waals surface area contributed by atoms with E-state index in [0.29, 0.717) is 17.1 Å². The Kier molecular flexibility index (Phi) is 4.39. The van der Waals surface area contributed by atoms with Gasteiger partial charge in [0.05, 0.1) is 12.9 Å². The van der Waals surface area contributed by atoms with Crippen LogP contribution in [0.1, 0.15) is 27.4 Å². The summed E-state index contributed by atoms with van der Waals surface area (Å²) in [5, 5.41) is 0. The third-order valence-corrected chi connectivity index (χ3v) is 4.14. The van der Waals surface area contributed by atoms with Crippen molar-refractivity contribution < 1.29 is 13.9 Å². The van der Waals surface area contributed by atoms with Gasteiger partial charge in [0.2, 0.25) is 0 Å². The standard InChI is InChI=1S/C15H17NO3S/c1-9-6-11(16)4-5-14(9)20-8-12-7-13(10(2)19-12)15(17)18-3/h4-7H,8,16H2,1-3H3. The lowest BCUT2D eigenvalue weighted by molar-refractivity contribution is 0.0599. The first-order valence-corrected chi connectivity index (χ1v) is 7.16. The summed E-state index contributed by atoms with van der Waals surface area (Å²) in [4.78, 5) is 12.7. The van der Waals surface area contributed by atoms with E-state index in [2.05, 4.69) is 0 Å². The van der Waals surface area contributed by atoms with E-state index in [0.717, 1.165) is 21.9 Å². The van der Waals surface area contributed by atoms with E-state index in [1.807, 2.05) is 25.1 Å².